The number of carbonyl (C=O) groups excluding carboxylic acids is 1. The first-order valence-electron chi connectivity index (χ1n) is 10.8. The molecule has 0 unspecified atom stereocenters. The molecule has 0 spiro atoms. The number of piperazine rings is 1. The van der Waals surface area contributed by atoms with Gasteiger partial charge in [-0.05, 0) is 40.6 Å². The van der Waals surface area contributed by atoms with Gasteiger partial charge in [-0.2, -0.15) is 0 Å². The third kappa shape index (κ3) is 4.37. The van der Waals surface area contributed by atoms with Gasteiger partial charge in [0.05, 0.1) is 6.42 Å². The molecule has 1 aliphatic heterocycles. The maximum Gasteiger partial charge on any atom is 0.227 e. The van der Waals surface area contributed by atoms with Crippen LogP contribution in [0.15, 0.2) is 79.0 Å². The summed E-state index contributed by atoms with van der Waals surface area (Å²) in [6.45, 7) is 2.84. The van der Waals surface area contributed by atoms with E-state index in [4.69, 9.17) is 0 Å². The second-order valence-electron chi connectivity index (χ2n) is 7.80. The molecule has 5 rings (SSSR count). The van der Waals surface area contributed by atoms with Gasteiger partial charge in [-0.3, -0.25) is 4.79 Å². The number of carbonyl (C=O) groups is 1. The molecule has 0 aliphatic carbocycles. The van der Waals surface area contributed by atoms with Gasteiger partial charge in [0.2, 0.25) is 5.91 Å². The van der Waals surface area contributed by atoms with E-state index in [1.54, 1.807) is 6.20 Å². The normalized spacial score (nSPS) is 13.9. The highest BCUT2D eigenvalue weighted by Gasteiger charge is 2.22. The summed E-state index contributed by atoms with van der Waals surface area (Å²) in [6, 6.07) is 23.9. The van der Waals surface area contributed by atoms with Crippen molar-refractivity contribution in [3.8, 4) is 0 Å². The number of amides is 1. The third-order valence-electron chi connectivity index (χ3n) is 5.75. The summed E-state index contributed by atoms with van der Waals surface area (Å²) in [5.41, 5.74) is 1.08. The SMILES string of the molecule is O=C(Cc1cccc2ccccc12)N1CCN(c2ccc(Nc3ccccn3)nn2)CC1. The minimum atomic E-state index is 0.169. The highest BCUT2D eigenvalue weighted by atomic mass is 16.2. The molecule has 7 nitrogen and oxygen atoms in total. The van der Waals surface area contributed by atoms with Crippen LogP contribution in [-0.4, -0.2) is 52.2 Å². The molecule has 1 saturated heterocycles. The fourth-order valence-corrected chi connectivity index (χ4v) is 4.03. The number of aromatic nitrogens is 3. The summed E-state index contributed by atoms with van der Waals surface area (Å²) < 4.78 is 0. The van der Waals surface area contributed by atoms with Crippen molar-refractivity contribution in [2.75, 3.05) is 36.4 Å². The second kappa shape index (κ2) is 9.01. The molecule has 160 valence electrons. The van der Waals surface area contributed by atoms with Gasteiger partial charge >= 0.3 is 0 Å². The lowest BCUT2D eigenvalue weighted by atomic mass is 10.0. The van der Waals surface area contributed by atoms with Gasteiger partial charge < -0.3 is 15.1 Å². The standard InChI is InChI=1S/C25H24N6O/c32-25(18-20-8-5-7-19-6-1-2-9-21(19)20)31-16-14-30(15-17-31)24-12-11-23(28-29-24)27-22-10-3-4-13-26-22/h1-13H,14-18H2,(H,26,27,28). The number of rotatable bonds is 5. The lowest BCUT2D eigenvalue weighted by molar-refractivity contribution is -0.130. The zero-order valence-corrected chi connectivity index (χ0v) is 17.7. The van der Waals surface area contributed by atoms with E-state index in [-0.39, 0.29) is 5.91 Å². The number of fused-ring (bicyclic) bond motifs is 1. The highest BCUT2D eigenvalue weighted by Crippen LogP contribution is 2.21. The average Bonchev–Trinajstić information content (AvgIpc) is 2.85. The fraction of sp³-hybridized carbons (Fsp3) is 0.200. The quantitative estimate of drug-likeness (QED) is 0.527. The molecular formula is C25H24N6O. The number of pyridine rings is 1. The average molecular weight is 425 g/mol. The van der Waals surface area contributed by atoms with Crippen molar-refractivity contribution in [1.29, 1.82) is 0 Å². The maximum absolute atomic E-state index is 12.9. The first-order valence-corrected chi connectivity index (χ1v) is 10.8. The Hall–Kier alpha value is -4.00. The summed E-state index contributed by atoms with van der Waals surface area (Å²) in [4.78, 5) is 21.3. The first kappa shape index (κ1) is 19.9. The van der Waals surface area contributed by atoms with Gasteiger partial charge in [-0.15, -0.1) is 10.2 Å². The van der Waals surface area contributed by atoms with Crippen LogP contribution in [0, 0.1) is 0 Å². The van der Waals surface area contributed by atoms with E-state index >= 15 is 0 Å². The zero-order chi connectivity index (χ0) is 21.8. The van der Waals surface area contributed by atoms with E-state index < -0.39 is 0 Å². The van der Waals surface area contributed by atoms with Crippen molar-refractivity contribution < 1.29 is 4.79 Å². The van der Waals surface area contributed by atoms with Crippen molar-refractivity contribution in [3.63, 3.8) is 0 Å². The molecule has 2 aromatic carbocycles. The fourth-order valence-electron chi connectivity index (χ4n) is 4.03. The van der Waals surface area contributed by atoms with E-state index in [1.807, 2.05) is 59.5 Å². The van der Waals surface area contributed by atoms with Crippen molar-refractivity contribution in [2.24, 2.45) is 0 Å². The Morgan fingerprint density at radius 3 is 2.41 bits per heavy atom. The van der Waals surface area contributed by atoms with Crippen LogP contribution in [0.5, 0.6) is 0 Å². The van der Waals surface area contributed by atoms with Crippen LogP contribution in [0.2, 0.25) is 0 Å². The molecule has 1 fully saturated rings. The first-order chi connectivity index (χ1) is 15.8. The van der Waals surface area contributed by atoms with Gasteiger partial charge in [0.1, 0.15) is 5.82 Å². The molecular weight excluding hydrogens is 400 g/mol. The smallest absolute Gasteiger partial charge is 0.227 e. The second-order valence-corrected chi connectivity index (χ2v) is 7.80. The Morgan fingerprint density at radius 2 is 1.62 bits per heavy atom. The van der Waals surface area contributed by atoms with Crippen LogP contribution in [-0.2, 0) is 11.2 Å². The lowest BCUT2D eigenvalue weighted by Crippen LogP contribution is -2.49. The van der Waals surface area contributed by atoms with Gasteiger partial charge in [0.25, 0.3) is 0 Å². The minimum absolute atomic E-state index is 0.169. The number of hydrogen-bond donors (Lipinski definition) is 1. The van der Waals surface area contributed by atoms with Crippen LogP contribution in [0.1, 0.15) is 5.56 Å². The van der Waals surface area contributed by atoms with Crippen LogP contribution in [0.3, 0.4) is 0 Å². The number of nitrogens with one attached hydrogen (secondary N) is 1. The van der Waals surface area contributed by atoms with Gasteiger partial charge in [-0.1, -0.05) is 48.5 Å². The highest BCUT2D eigenvalue weighted by molar-refractivity contribution is 5.90. The van der Waals surface area contributed by atoms with Crippen molar-refractivity contribution in [1.82, 2.24) is 20.1 Å². The molecule has 32 heavy (non-hydrogen) atoms. The Bertz CT molecular complexity index is 1200. The van der Waals surface area contributed by atoms with Crippen LogP contribution >= 0.6 is 0 Å². The molecule has 1 aliphatic rings. The van der Waals surface area contributed by atoms with Crippen molar-refractivity contribution in [3.05, 3.63) is 84.6 Å². The van der Waals surface area contributed by atoms with Gasteiger partial charge in [-0.25, -0.2) is 4.98 Å². The molecule has 4 aromatic rings. The van der Waals surface area contributed by atoms with E-state index in [0.29, 0.717) is 25.3 Å². The Morgan fingerprint density at radius 1 is 0.812 bits per heavy atom. The van der Waals surface area contributed by atoms with Gasteiger partial charge in [0, 0.05) is 32.4 Å². The topological polar surface area (TPSA) is 74.2 Å². The summed E-state index contributed by atoms with van der Waals surface area (Å²) >= 11 is 0. The number of hydrogen-bond acceptors (Lipinski definition) is 6. The Labute approximate surface area is 186 Å². The molecule has 0 bridgehead atoms. The van der Waals surface area contributed by atoms with Crippen LogP contribution < -0.4 is 10.2 Å². The van der Waals surface area contributed by atoms with E-state index in [2.05, 4.69) is 43.6 Å². The third-order valence-corrected chi connectivity index (χ3v) is 5.75. The number of benzene rings is 2. The van der Waals surface area contributed by atoms with Crippen LogP contribution in [0.25, 0.3) is 10.8 Å². The molecule has 0 radical (unpaired) electrons. The lowest BCUT2D eigenvalue weighted by Gasteiger charge is -2.35. The summed E-state index contributed by atoms with van der Waals surface area (Å²) in [7, 11) is 0. The number of anilines is 3. The van der Waals surface area contributed by atoms with E-state index in [1.165, 1.54) is 5.39 Å². The van der Waals surface area contributed by atoms with Crippen molar-refractivity contribution in [2.45, 2.75) is 6.42 Å². The largest absolute Gasteiger partial charge is 0.352 e. The summed E-state index contributed by atoms with van der Waals surface area (Å²) in [5, 5.41) is 14.1. The molecule has 1 amide bonds. The predicted octanol–water partition coefficient (Wildman–Crippen LogP) is 3.66. The van der Waals surface area contributed by atoms with E-state index in [9.17, 15) is 4.79 Å². The molecule has 7 heteroatoms. The molecule has 3 heterocycles. The Kier molecular flexibility index (Phi) is 5.61. The maximum atomic E-state index is 12.9. The minimum Gasteiger partial charge on any atom is -0.352 e. The van der Waals surface area contributed by atoms with Crippen LogP contribution in [0.4, 0.5) is 17.5 Å². The molecule has 0 atom stereocenters. The predicted molar refractivity (Wildman–Crippen MR) is 126 cm³/mol. The van der Waals surface area contributed by atoms with Gasteiger partial charge in [0.15, 0.2) is 11.6 Å². The molecule has 2 aromatic heterocycles. The Balaban J connectivity index is 1.18. The number of nitrogens with zero attached hydrogens (tertiary/aromatic N) is 5. The monoisotopic (exact) mass is 424 g/mol. The van der Waals surface area contributed by atoms with Crippen molar-refractivity contribution >= 4 is 34.1 Å². The summed E-state index contributed by atoms with van der Waals surface area (Å²) in [6.07, 6.45) is 2.15. The summed E-state index contributed by atoms with van der Waals surface area (Å²) in [5.74, 6) is 2.36. The molecule has 1 N–H and O–H groups in total. The zero-order valence-electron chi connectivity index (χ0n) is 17.7. The van der Waals surface area contributed by atoms with E-state index in [0.717, 1.165) is 35.7 Å². The molecule has 0 saturated carbocycles.